The molecule has 2 aliphatic heterocycles. The van der Waals surface area contributed by atoms with E-state index in [1.807, 2.05) is 12.1 Å². The number of hydrogen-bond donors (Lipinski definition) is 2. The van der Waals surface area contributed by atoms with Gasteiger partial charge in [-0.15, -0.1) is 0 Å². The van der Waals surface area contributed by atoms with Crippen molar-refractivity contribution in [2.75, 3.05) is 31.5 Å². The molecule has 3 rings (SSSR count). The zero-order valence-electron chi connectivity index (χ0n) is 12.5. The van der Waals surface area contributed by atoms with Gasteiger partial charge in [-0.05, 0) is 38.1 Å². The molecule has 0 spiro atoms. The first-order chi connectivity index (χ1) is 10.7. The van der Waals surface area contributed by atoms with Gasteiger partial charge in [0.1, 0.15) is 5.75 Å². The van der Waals surface area contributed by atoms with Gasteiger partial charge in [0.25, 0.3) is 5.91 Å². The van der Waals surface area contributed by atoms with Gasteiger partial charge in [0.15, 0.2) is 6.10 Å². The van der Waals surface area contributed by atoms with Gasteiger partial charge in [0.05, 0.1) is 12.1 Å². The van der Waals surface area contributed by atoms with Crippen LogP contribution in [0, 0.1) is 0 Å². The van der Waals surface area contributed by atoms with Crippen LogP contribution in [0.1, 0.15) is 19.3 Å². The van der Waals surface area contributed by atoms with Crippen LogP contribution in [0.2, 0.25) is 0 Å². The standard InChI is InChI=1S/C16H21N3O3/c20-15(17-7-10-19-8-3-4-9-19)11-14-16(21)18-12-5-1-2-6-13(12)22-14/h1-2,5-6,14H,3-4,7-11H2,(H,17,20)(H,18,21). The Kier molecular flexibility index (Phi) is 4.58. The van der Waals surface area contributed by atoms with Gasteiger partial charge in [0.2, 0.25) is 5.91 Å². The Bertz CT molecular complexity index is 555. The molecule has 1 saturated heterocycles. The molecule has 6 nitrogen and oxygen atoms in total. The fourth-order valence-electron chi connectivity index (χ4n) is 2.83. The first kappa shape index (κ1) is 14.8. The number of para-hydroxylation sites is 2. The number of fused-ring (bicyclic) bond motifs is 1. The summed E-state index contributed by atoms with van der Waals surface area (Å²) in [6.07, 6.45) is 1.76. The van der Waals surface area contributed by atoms with Crippen LogP contribution in [0.3, 0.4) is 0 Å². The number of nitrogens with zero attached hydrogens (tertiary/aromatic N) is 1. The van der Waals surface area contributed by atoms with Crippen LogP contribution < -0.4 is 15.4 Å². The van der Waals surface area contributed by atoms with Crippen molar-refractivity contribution in [3.63, 3.8) is 0 Å². The molecule has 1 unspecified atom stereocenters. The molecule has 0 aromatic heterocycles. The van der Waals surface area contributed by atoms with Crippen molar-refractivity contribution < 1.29 is 14.3 Å². The second-order valence-electron chi connectivity index (χ2n) is 5.69. The van der Waals surface area contributed by atoms with E-state index in [0.717, 1.165) is 19.6 Å². The van der Waals surface area contributed by atoms with Crippen LogP contribution in [-0.4, -0.2) is 49.0 Å². The second-order valence-corrected chi connectivity index (χ2v) is 5.69. The Labute approximate surface area is 129 Å². The molecular weight excluding hydrogens is 282 g/mol. The van der Waals surface area contributed by atoms with E-state index in [2.05, 4.69) is 15.5 Å². The number of anilines is 1. The molecule has 2 aliphatic rings. The highest BCUT2D eigenvalue weighted by Crippen LogP contribution is 2.29. The Morgan fingerprint density at radius 2 is 2.09 bits per heavy atom. The summed E-state index contributed by atoms with van der Waals surface area (Å²) in [5, 5.41) is 5.62. The van der Waals surface area contributed by atoms with Crippen molar-refractivity contribution in [3.05, 3.63) is 24.3 Å². The van der Waals surface area contributed by atoms with Gasteiger partial charge in [-0.25, -0.2) is 0 Å². The summed E-state index contributed by atoms with van der Waals surface area (Å²) in [6, 6.07) is 7.23. The molecule has 0 aliphatic carbocycles. The number of carbonyl (C=O) groups is 2. The Hall–Kier alpha value is -2.08. The van der Waals surface area contributed by atoms with E-state index in [0.29, 0.717) is 18.0 Å². The maximum absolute atomic E-state index is 12.0. The van der Waals surface area contributed by atoms with Gasteiger partial charge < -0.3 is 20.3 Å². The third-order valence-corrected chi connectivity index (χ3v) is 4.03. The summed E-state index contributed by atoms with van der Waals surface area (Å²) in [5.74, 6) is 0.184. The first-order valence-electron chi connectivity index (χ1n) is 7.78. The van der Waals surface area contributed by atoms with Crippen molar-refractivity contribution in [1.29, 1.82) is 0 Å². The molecule has 2 heterocycles. The lowest BCUT2D eigenvalue weighted by atomic mass is 10.1. The molecule has 1 aromatic rings. The number of hydrogen-bond acceptors (Lipinski definition) is 4. The average Bonchev–Trinajstić information content (AvgIpc) is 3.01. The molecule has 0 bridgehead atoms. The predicted octanol–water partition coefficient (Wildman–Crippen LogP) is 0.988. The van der Waals surface area contributed by atoms with Gasteiger partial charge in [-0.1, -0.05) is 12.1 Å². The number of benzene rings is 1. The van der Waals surface area contributed by atoms with Crippen molar-refractivity contribution in [1.82, 2.24) is 10.2 Å². The highest BCUT2D eigenvalue weighted by atomic mass is 16.5. The number of rotatable bonds is 5. The van der Waals surface area contributed by atoms with Crippen molar-refractivity contribution >= 4 is 17.5 Å². The molecule has 0 radical (unpaired) electrons. The number of amides is 2. The Morgan fingerprint density at radius 1 is 1.32 bits per heavy atom. The molecule has 6 heteroatoms. The summed E-state index contributed by atoms with van der Waals surface area (Å²) in [5.41, 5.74) is 0.651. The van der Waals surface area contributed by atoms with Crippen LogP contribution in [0.25, 0.3) is 0 Å². The summed E-state index contributed by atoms with van der Waals surface area (Å²) in [6.45, 7) is 3.71. The second kappa shape index (κ2) is 6.79. The molecule has 1 aromatic carbocycles. The Morgan fingerprint density at radius 3 is 2.91 bits per heavy atom. The zero-order chi connectivity index (χ0) is 15.4. The number of likely N-dealkylation sites (tertiary alicyclic amines) is 1. The highest BCUT2D eigenvalue weighted by molar-refractivity contribution is 5.99. The summed E-state index contributed by atoms with van der Waals surface area (Å²) < 4.78 is 5.61. The molecule has 22 heavy (non-hydrogen) atoms. The average molecular weight is 303 g/mol. The van der Waals surface area contributed by atoms with E-state index in [1.54, 1.807) is 12.1 Å². The molecule has 0 saturated carbocycles. The largest absolute Gasteiger partial charge is 0.478 e. The molecule has 2 amide bonds. The topological polar surface area (TPSA) is 70.7 Å². The monoisotopic (exact) mass is 303 g/mol. The lowest BCUT2D eigenvalue weighted by Gasteiger charge is -2.25. The maximum atomic E-state index is 12.0. The van der Waals surface area contributed by atoms with E-state index >= 15 is 0 Å². The fraction of sp³-hybridized carbons (Fsp3) is 0.500. The lowest BCUT2D eigenvalue weighted by molar-refractivity contribution is -0.130. The quantitative estimate of drug-likeness (QED) is 0.851. The number of carbonyl (C=O) groups excluding carboxylic acids is 2. The number of nitrogens with one attached hydrogen (secondary N) is 2. The van der Waals surface area contributed by atoms with Crippen LogP contribution >= 0.6 is 0 Å². The Balaban J connectivity index is 1.46. The third-order valence-electron chi connectivity index (χ3n) is 4.03. The van der Waals surface area contributed by atoms with E-state index in [4.69, 9.17) is 4.74 Å². The summed E-state index contributed by atoms with van der Waals surface area (Å²) in [7, 11) is 0. The van der Waals surface area contributed by atoms with Crippen molar-refractivity contribution in [2.24, 2.45) is 0 Å². The van der Waals surface area contributed by atoms with E-state index in [9.17, 15) is 9.59 Å². The minimum absolute atomic E-state index is 0.0418. The van der Waals surface area contributed by atoms with Gasteiger partial charge >= 0.3 is 0 Å². The van der Waals surface area contributed by atoms with E-state index in [-0.39, 0.29) is 18.2 Å². The first-order valence-corrected chi connectivity index (χ1v) is 7.78. The molecule has 1 atom stereocenters. The van der Waals surface area contributed by atoms with Crippen LogP contribution in [0.5, 0.6) is 5.75 Å². The molecule has 1 fully saturated rings. The maximum Gasteiger partial charge on any atom is 0.266 e. The van der Waals surface area contributed by atoms with Gasteiger partial charge in [-0.2, -0.15) is 0 Å². The molecule has 2 N–H and O–H groups in total. The van der Waals surface area contributed by atoms with Crippen molar-refractivity contribution in [2.45, 2.75) is 25.4 Å². The van der Waals surface area contributed by atoms with Gasteiger partial charge in [0, 0.05) is 13.1 Å². The fourth-order valence-corrected chi connectivity index (χ4v) is 2.83. The molecular formula is C16H21N3O3. The van der Waals surface area contributed by atoms with E-state index < -0.39 is 6.10 Å². The summed E-state index contributed by atoms with van der Waals surface area (Å²) >= 11 is 0. The smallest absolute Gasteiger partial charge is 0.266 e. The minimum Gasteiger partial charge on any atom is -0.478 e. The molecule has 118 valence electrons. The number of ether oxygens (including phenoxy) is 1. The van der Waals surface area contributed by atoms with Crippen LogP contribution in [0.15, 0.2) is 24.3 Å². The third kappa shape index (κ3) is 3.57. The van der Waals surface area contributed by atoms with Crippen LogP contribution in [0.4, 0.5) is 5.69 Å². The van der Waals surface area contributed by atoms with Crippen LogP contribution in [-0.2, 0) is 9.59 Å². The predicted molar refractivity (Wildman–Crippen MR) is 82.8 cm³/mol. The zero-order valence-corrected chi connectivity index (χ0v) is 12.5. The normalized spacial score (nSPS) is 20.9. The SMILES string of the molecule is O=C(CC1Oc2ccccc2NC1=O)NCCN1CCCC1. The van der Waals surface area contributed by atoms with Gasteiger partial charge in [-0.3, -0.25) is 9.59 Å². The highest BCUT2D eigenvalue weighted by Gasteiger charge is 2.29. The lowest BCUT2D eigenvalue weighted by Crippen LogP contribution is -2.42. The minimum atomic E-state index is -0.762. The van der Waals surface area contributed by atoms with E-state index in [1.165, 1.54) is 12.8 Å². The van der Waals surface area contributed by atoms with Crippen molar-refractivity contribution in [3.8, 4) is 5.75 Å². The summed E-state index contributed by atoms with van der Waals surface area (Å²) in [4.78, 5) is 26.2.